The van der Waals surface area contributed by atoms with Crippen molar-refractivity contribution >= 4 is 16.9 Å². The Kier molecular flexibility index (Phi) is 5.17. The molecule has 2 rings (SSSR count). The number of carbonyl (C=O) groups excluding carboxylic acids is 1. The molecule has 0 spiro atoms. The van der Waals surface area contributed by atoms with E-state index in [1.165, 1.54) is 13.1 Å². The monoisotopic (exact) mass is 306 g/mol. The van der Waals surface area contributed by atoms with Gasteiger partial charge in [0.2, 0.25) is 0 Å². The molecule has 0 aliphatic heterocycles. The molecule has 0 amide bonds. The Hall–Kier alpha value is -1.63. The Morgan fingerprint density at radius 3 is 2.86 bits per heavy atom. The van der Waals surface area contributed by atoms with Gasteiger partial charge in [0.1, 0.15) is 6.10 Å². The van der Waals surface area contributed by atoms with Crippen LogP contribution in [-0.2, 0) is 4.79 Å². The summed E-state index contributed by atoms with van der Waals surface area (Å²) in [6.07, 6.45) is 1.14. The molecule has 0 saturated heterocycles. The van der Waals surface area contributed by atoms with Gasteiger partial charge in [-0.3, -0.25) is 4.79 Å². The lowest BCUT2D eigenvalue weighted by atomic mass is 10.1. The highest BCUT2D eigenvalue weighted by Crippen LogP contribution is 2.21. The zero-order chi connectivity index (χ0) is 15.4. The first kappa shape index (κ1) is 15.8. The van der Waals surface area contributed by atoms with E-state index in [4.69, 9.17) is 0 Å². The summed E-state index contributed by atoms with van der Waals surface area (Å²) in [4.78, 5) is 10.9. The number of nitrogens with zero attached hydrogens (tertiary/aromatic N) is 2. The minimum atomic E-state index is -1.06. The quantitative estimate of drug-likeness (QED) is 0.882. The molecular weight excluding hydrogens is 288 g/mol. The summed E-state index contributed by atoms with van der Waals surface area (Å²) in [5, 5.41) is 24.1. The maximum absolute atomic E-state index is 10.9. The van der Waals surface area contributed by atoms with Crippen molar-refractivity contribution in [1.82, 2.24) is 9.78 Å². The fourth-order valence-electron chi connectivity index (χ4n) is 1.92. The molecule has 0 radical (unpaired) electrons. The van der Waals surface area contributed by atoms with E-state index in [1.807, 2.05) is 31.2 Å². The Morgan fingerprint density at radius 2 is 2.19 bits per heavy atom. The van der Waals surface area contributed by atoms with E-state index in [9.17, 15) is 15.0 Å². The van der Waals surface area contributed by atoms with Gasteiger partial charge in [-0.2, -0.15) is 5.10 Å². The smallest absolute Gasteiger partial charge is 0.185 e. The maximum Gasteiger partial charge on any atom is 0.185 e. The molecule has 1 aromatic heterocycles. The van der Waals surface area contributed by atoms with Crippen molar-refractivity contribution in [1.29, 1.82) is 0 Å². The van der Waals surface area contributed by atoms with Crippen molar-refractivity contribution < 1.29 is 15.0 Å². The normalized spacial score (nSPS) is 13.9. The van der Waals surface area contributed by atoms with Crippen molar-refractivity contribution in [2.45, 2.75) is 26.1 Å². The molecule has 0 fully saturated rings. The fourth-order valence-corrected chi connectivity index (χ4v) is 2.50. The molecule has 5 nitrogen and oxygen atoms in total. The molecule has 2 unspecified atom stereocenters. The first-order valence-electron chi connectivity index (χ1n) is 6.58. The lowest BCUT2D eigenvalue weighted by molar-refractivity contribution is -0.109. The van der Waals surface area contributed by atoms with Crippen LogP contribution in [0.4, 0.5) is 0 Å². The van der Waals surface area contributed by atoms with Crippen LogP contribution in [0.1, 0.15) is 24.2 Å². The molecule has 0 bridgehead atoms. The number of aromatic nitrogens is 2. The molecule has 2 N–H and O–H groups in total. The minimum Gasteiger partial charge on any atom is -0.389 e. The summed E-state index contributed by atoms with van der Waals surface area (Å²) in [6.45, 7) is 3.42. The number of aliphatic hydroxyl groups excluding tert-OH is 2. The first-order valence-corrected chi connectivity index (χ1v) is 7.57. The molecule has 1 aromatic carbocycles. The van der Waals surface area contributed by atoms with Crippen LogP contribution in [0.3, 0.4) is 0 Å². The second-order valence-electron chi connectivity index (χ2n) is 4.87. The van der Waals surface area contributed by atoms with E-state index in [1.54, 1.807) is 10.9 Å². The van der Waals surface area contributed by atoms with Gasteiger partial charge < -0.3 is 10.2 Å². The molecule has 21 heavy (non-hydrogen) atoms. The van der Waals surface area contributed by atoms with Gasteiger partial charge in [0.25, 0.3) is 0 Å². The Morgan fingerprint density at radius 1 is 1.43 bits per heavy atom. The number of aliphatic hydroxyl groups is 2. The van der Waals surface area contributed by atoms with Crippen LogP contribution in [0.2, 0.25) is 0 Å². The predicted molar refractivity (Wildman–Crippen MR) is 82.4 cm³/mol. The van der Waals surface area contributed by atoms with E-state index < -0.39 is 12.2 Å². The second kappa shape index (κ2) is 6.89. The number of thioether (sulfide) groups is 1. The van der Waals surface area contributed by atoms with Gasteiger partial charge in [0.05, 0.1) is 18.0 Å². The van der Waals surface area contributed by atoms with Crippen LogP contribution >= 0.6 is 11.8 Å². The lowest BCUT2D eigenvalue weighted by Gasteiger charge is -2.15. The van der Waals surface area contributed by atoms with Crippen molar-refractivity contribution in [3.05, 3.63) is 47.8 Å². The van der Waals surface area contributed by atoms with E-state index in [2.05, 4.69) is 5.10 Å². The van der Waals surface area contributed by atoms with Crippen LogP contribution in [0.15, 0.2) is 36.7 Å². The van der Waals surface area contributed by atoms with Crippen LogP contribution in [0.5, 0.6) is 0 Å². The average Bonchev–Trinajstić information content (AvgIpc) is 2.93. The average molecular weight is 306 g/mol. The van der Waals surface area contributed by atoms with Gasteiger partial charge in [-0.1, -0.05) is 23.9 Å². The third-order valence-electron chi connectivity index (χ3n) is 3.03. The Bertz CT molecular complexity index is 627. The molecule has 2 atom stereocenters. The van der Waals surface area contributed by atoms with Gasteiger partial charge in [-0.15, -0.1) is 0 Å². The molecule has 1 heterocycles. The number of rotatable bonds is 5. The van der Waals surface area contributed by atoms with E-state index in [0.29, 0.717) is 5.56 Å². The molecule has 0 aliphatic rings. The molecule has 0 saturated carbocycles. The summed E-state index contributed by atoms with van der Waals surface area (Å²) >= 11 is 0.991. The topological polar surface area (TPSA) is 75.3 Å². The van der Waals surface area contributed by atoms with Crippen molar-refractivity contribution in [2.75, 3.05) is 5.75 Å². The Labute approximate surface area is 127 Å². The van der Waals surface area contributed by atoms with Crippen LogP contribution < -0.4 is 0 Å². The SMILES string of the molecule is CC(=O)SCC(O)C(O)c1cnn(-c2cccc(C)c2)c1. The van der Waals surface area contributed by atoms with Crippen LogP contribution in [0.25, 0.3) is 5.69 Å². The van der Waals surface area contributed by atoms with Crippen molar-refractivity contribution in [2.24, 2.45) is 0 Å². The van der Waals surface area contributed by atoms with Gasteiger partial charge >= 0.3 is 0 Å². The standard InChI is InChI=1S/C15H18N2O3S/c1-10-4-3-5-13(6-10)17-8-12(7-16-17)15(20)14(19)9-21-11(2)18/h3-8,14-15,19-20H,9H2,1-2H3. The molecular formula is C15H18N2O3S. The molecule has 0 aliphatic carbocycles. The van der Waals surface area contributed by atoms with Crippen molar-refractivity contribution in [3.8, 4) is 5.69 Å². The summed E-state index contributed by atoms with van der Waals surface area (Å²) < 4.78 is 1.65. The highest BCUT2D eigenvalue weighted by atomic mass is 32.2. The highest BCUT2D eigenvalue weighted by molar-refractivity contribution is 8.13. The van der Waals surface area contributed by atoms with Gasteiger partial charge in [-0.25, -0.2) is 4.68 Å². The fraction of sp³-hybridized carbons (Fsp3) is 0.333. The summed E-state index contributed by atoms with van der Waals surface area (Å²) in [5.74, 6) is 0.159. The van der Waals surface area contributed by atoms with Gasteiger partial charge in [0, 0.05) is 24.4 Å². The zero-order valence-electron chi connectivity index (χ0n) is 11.9. The van der Waals surface area contributed by atoms with E-state index >= 15 is 0 Å². The van der Waals surface area contributed by atoms with E-state index in [-0.39, 0.29) is 10.9 Å². The lowest BCUT2D eigenvalue weighted by Crippen LogP contribution is -2.21. The van der Waals surface area contributed by atoms with Crippen molar-refractivity contribution in [3.63, 3.8) is 0 Å². The maximum atomic E-state index is 10.9. The zero-order valence-corrected chi connectivity index (χ0v) is 12.7. The Balaban J connectivity index is 2.10. The minimum absolute atomic E-state index is 0.0864. The number of carbonyl (C=O) groups is 1. The first-order chi connectivity index (χ1) is 9.97. The summed E-state index contributed by atoms with van der Waals surface area (Å²) in [5.41, 5.74) is 2.53. The van der Waals surface area contributed by atoms with Crippen LogP contribution in [0, 0.1) is 6.92 Å². The van der Waals surface area contributed by atoms with E-state index in [0.717, 1.165) is 23.0 Å². The second-order valence-corrected chi connectivity index (χ2v) is 6.07. The largest absolute Gasteiger partial charge is 0.389 e. The summed E-state index contributed by atoms with van der Waals surface area (Å²) in [7, 11) is 0. The third kappa shape index (κ3) is 4.17. The van der Waals surface area contributed by atoms with Crippen LogP contribution in [-0.4, -0.2) is 37.0 Å². The van der Waals surface area contributed by atoms with Gasteiger partial charge in [-0.05, 0) is 24.6 Å². The number of aryl methyl sites for hydroxylation is 1. The predicted octanol–water partition coefficient (Wildman–Crippen LogP) is 1.85. The number of benzene rings is 1. The number of hydrogen-bond acceptors (Lipinski definition) is 5. The highest BCUT2D eigenvalue weighted by Gasteiger charge is 2.20. The molecule has 2 aromatic rings. The molecule has 6 heteroatoms. The number of hydrogen-bond donors (Lipinski definition) is 2. The summed E-state index contributed by atoms with van der Waals surface area (Å²) in [6, 6.07) is 7.82. The molecule has 112 valence electrons. The van der Waals surface area contributed by atoms with Gasteiger partial charge in [0.15, 0.2) is 5.12 Å². The third-order valence-corrected chi connectivity index (χ3v) is 3.95.